The van der Waals surface area contributed by atoms with Crippen LogP contribution in [0.5, 0.6) is 0 Å². The Morgan fingerprint density at radius 1 is 1.33 bits per heavy atom. The van der Waals surface area contributed by atoms with Crippen LogP contribution in [0.15, 0.2) is 45.2 Å². The van der Waals surface area contributed by atoms with E-state index in [0.29, 0.717) is 41.3 Å². The van der Waals surface area contributed by atoms with Crippen molar-refractivity contribution in [1.29, 1.82) is 0 Å². The molecule has 0 bridgehead atoms. The zero-order chi connectivity index (χ0) is 18.8. The molecule has 9 heteroatoms. The molecule has 0 amide bonds. The van der Waals surface area contributed by atoms with E-state index in [2.05, 4.69) is 20.1 Å². The normalized spacial score (nSPS) is 11.0. The number of ether oxygens (including phenoxy) is 1. The molecule has 0 aromatic carbocycles. The summed E-state index contributed by atoms with van der Waals surface area (Å²) in [5, 5.41) is 5.66. The first-order chi connectivity index (χ1) is 13.2. The fourth-order valence-electron chi connectivity index (χ4n) is 2.74. The third kappa shape index (κ3) is 3.36. The highest BCUT2D eigenvalue weighted by atomic mass is 32.1. The van der Waals surface area contributed by atoms with Crippen molar-refractivity contribution in [3.63, 3.8) is 0 Å². The van der Waals surface area contributed by atoms with Crippen LogP contribution in [0.3, 0.4) is 0 Å². The molecule has 0 aliphatic carbocycles. The molecule has 0 saturated carbocycles. The number of pyridine rings is 2. The summed E-state index contributed by atoms with van der Waals surface area (Å²) >= 11 is 1.38. The summed E-state index contributed by atoms with van der Waals surface area (Å²) < 4.78 is 10.9. The van der Waals surface area contributed by atoms with Crippen molar-refractivity contribution in [1.82, 2.24) is 20.1 Å². The van der Waals surface area contributed by atoms with Crippen molar-refractivity contribution in [3.8, 4) is 11.6 Å². The van der Waals surface area contributed by atoms with Crippen LogP contribution in [-0.4, -0.2) is 33.2 Å². The first kappa shape index (κ1) is 17.1. The van der Waals surface area contributed by atoms with Crippen LogP contribution in [0.4, 0.5) is 0 Å². The fraction of sp³-hybridized carbons (Fsp3) is 0.167. The number of carbonyl (C=O) groups excluding carboxylic acids is 1. The van der Waals surface area contributed by atoms with E-state index in [1.54, 1.807) is 17.6 Å². The number of carbonyl (C=O) groups is 1. The molecule has 4 heterocycles. The van der Waals surface area contributed by atoms with E-state index in [1.165, 1.54) is 24.5 Å². The lowest BCUT2D eigenvalue weighted by Gasteiger charge is -2.02. The van der Waals surface area contributed by atoms with Gasteiger partial charge in [0.2, 0.25) is 5.56 Å². The van der Waals surface area contributed by atoms with E-state index in [9.17, 15) is 9.59 Å². The molecule has 0 unspecified atom stereocenters. The molecule has 4 rings (SSSR count). The van der Waals surface area contributed by atoms with Crippen molar-refractivity contribution in [2.24, 2.45) is 0 Å². The monoisotopic (exact) mass is 382 g/mol. The number of hydrogen-bond acceptors (Lipinski definition) is 8. The number of rotatable bonds is 5. The van der Waals surface area contributed by atoms with Crippen LogP contribution in [-0.2, 0) is 17.6 Å². The Kier molecular flexibility index (Phi) is 4.51. The first-order valence-electron chi connectivity index (χ1n) is 8.11. The summed E-state index contributed by atoms with van der Waals surface area (Å²) in [5.41, 5.74) is 2.00. The van der Waals surface area contributed by atoms with E-state index < -0.39 is 5.97 Å². The van der Waals surface area contributed by atoms with Gasteiger partial charge in [0, 0.05) is 24.1 Å². The molecule has 0 atom stereocenters. The minimum Gasteiger partial charge on any atom is -0.465 e. The van der Waals surface area contributed by atoms with Gasteiger partial charge in [0.1, 0.15) is 5.69 Å². The number of hydrogen-bond donors (Lipinski definition) is 1. The number of aromatic nitrogens is 4. The van der Waals surface area contributed by atoms with Crippen molar-refractivity contribution in [2.75, 3.05) is 7.11 Å². The van der Waals surface area contributed by atoms with Gasteiger partial charge in [-0.3, -0.25) is 9.78 Å². The number of nitrogens with one attached hydrogen (secondary N) is 1. The molecule has 0 aliphatic rings. The van der Waals surface area contributed by atoms with Crippen LogP contribution in [0, 0.1) is 0 Å². The number of fused-ring (bicyclic) bond motifs is 1. The molecule has 8 nitrogen and oxygen atoms in total. The van der Waals surface area contributed by atoms with E-state index in [0.717, 1.165) is 10.3 Å². The van der Waals surface area contributed by atoms with Gasteiger partial charge in [0.25, 0.3) is 5.89 Å². The highest BCUT2D eigenvalue weighted by Gasteiger charge is 2.17. The van der Waals surface area contributed by atoms with E-state index >= 15 is 0 Å². The third-order valence-corrected chi connectivity index (χ3v) is 5.07. The maximum Gasteiger partial charge on any atom is 0.340 e. The maximum atomic E-state index is 12.0. The Balaban J connectivity index is 1.59. The largest absolute Gasteiger partial charge is 0.465 e. The molecule has 4 aromatic heterocycles. The Bertz CT molecular complexity index is 1160. The Morgan fingerprint density at radius 2 is 2.22 bits per heavy atom. The number of H-pyrrole nitrogens is 1. The van der Waals surface area contributed by atoms with E-state index in [4.69, 9.17) is 9.26 Å². The van der Waals surface area contributed by atoms with Gasteiger partial charge in [-0.15, -0.1) is 11.3 Å². The molecule has 0 aliphatic heterocycles. The van der Waals surface area contributed by atoms with E-state index in [1.807, 2.05) is 12.1 Å². The zero-order valence-corrected chi connectivity index (χ0v) is 15.1. The van der Waals surface area contributed by atoms with Crippen molar-refractivity contribution in [3.05, 3.63) is 63.1 Å². The molecular weight excluding hydrogens is 368 g/mol. The van der Waals surface area contributed by atoms with Crippen molar-refractivity contribution < 1.29 is 14.1 Å². The predicted molar refractivity (Wildman–Crippen MR) is 98.7 cm³/mol. The van der Waals surface area contributed by atoms with Gasteiger partial charge in [-0.05, 0) is 24.1 Å². The van der Waals surface area contributed by atoms with Crippen LogP contribution in [0.1, 0.15) is 21.7 Å². The average molecular weight is 382 g/mol. The summed E-state index contributed by atoms with van der Waals surface area (Å²) in [4.78, 5) is 35.1. The van der Waals surface area contributed by atoms with Gasteiger partial charge >= 0.3 is 5.97 Å². The smallest absolute Gasteiger partial charge is 0.340 e. The van der Waals surface area contributed by atoms with Gasteiger partial charge in [0.05, 0.1) is 22.9 Å². The van der Waals surface area contributed by atoms with Gasteiger partial charge < -0.3 is 14.2 Å². The topological polar surface area (TPSA) is 111 Å². The van der Waals surface area contributed by atoms with Crippen LogP contribution in [0.25, 0.3) is 21.8 Å². The molecule has 136 valence electrons. The lowest BCUT2D eigenvalue weighted by Crippen LogP contribution is -2.09. The third-order valence-electron chi connectivity index (χ3n) is 4.01. The molecule has 0 spiro atoms. The Morgan fingerprint density at radius 3 is 3.00 bits per heavy atom. The van der Waals surface area contributed by atoms with Gasteiger partial charge in [-0.2, -0.15) is 4.98 Å². The molecule has 0 fully saturated rings. The first-order valence-corrected chi connectivity index (χ1v) is 8.99. The van der Waals surface area contributed by atoms with Crippen molar-refractivity contribution in [2.45, 2.75) is 12.8 Å². The number of aromatic amines is 1. The standard InChI is InChI=1S/C18H14N4O4S/c1-25-18(24)11-9-27-16-10(8-14(23)21-15(11)16)5-6-13-20-17(26-22-13)12-4-2-3-7-19-12/h2-4,7-9H,5-6H2,1H3,(H,21,23). The van der Waals surface area contributed by atoms with Gasteiger partial charge in [-0.1, -0.05) is 11.2 Å². The zero-order valence-electron chi connectivity index (χ0n) is 14.3. The van der Waals surface area contributed by atoms with Crippen LogP contribution in [0.2, 0.25) is 0 Å². The van der Waals surface area contributed by atoms with Crippen LogP contribution < -0.4 is 5.56 Å². The predicted octanol–water partition coefficient (Wildman–Crippen LogP) is 2.61. The number of aryl methyl sites for hydroxylation is 2. The molecular formula is C18H14N4O4S. The molecule has 0 saturated heterocycles. The second-order valence-corrected chi connectivity index (χ2v) is 6.61. The summed E-state index contributed by atoms with van der Waals surface area (Å²) in [5.74, 6) is 0.395. The van der Waals surface area contributed by atoms with Gasteiger partial charge in [-0.25, -0.2) is 4.79 Å². The molecule has 1 N–H and O–H groups in total. The number of thiophene rings is 1. The summed E-state index contributed by atoms with van der Waals surface area (Å²) in [6.45, 7) is 0. The quantitative estimate of drug-likeness (QED) is 0.528. The fourth-order valence-corrected chi connectivity index (χ4v) is 3.78. The second kappa shape index (κ2) is 7.12. The summed E-state index contributed by atoms with van der Waals surface area (Å²) in [7, 11) is 1.31. The number of nitrogens with zero attached hydrogens (tertiary/aromatic N) is 3. The highest BCUT2D eigenvalue weighted by Crippen LogP contribution is 2.27. The average Bonchev–Trinajstić information content (AvgIpc) is 3.33. The van der Waals surface area contributed by atoms with E-state index in [-0.39, 0.29) is 5.56 Å². The maximum absolute atomic E-state index is 12.0. The highest BCUT2D eigenvalue weighted by molar-refractivity contribution is 7.17. The number of methoxy groups -OCH3 is 1. The van der Waals surface area contributed by atoms with Crippen LogP contribution >= 0.6 is 11.3 Å². The Labute approximate surface area is 156 Å². The minimum atomic E-state index is -0.479. The lowest BCUT2D eigenvalue weighted by atomic mass is 10.1. The SMILES string of the molecule is COC(=O)c1csc2c(CCc3noc(-c4ccccn4)n3)cc(=O)[nH]c12. The Hall–Kier alpha value is -3.33. The molecule has 0 radical (unpaired) electrons. The minimum absolute atomic E-state index is 0.275. The lowest BCUT2D eigenvalue weighted by molar-refractivity contribution is 0.0603. The summed E-state index contributed by atoms with van der Waals surface area (Å²) in [6, 6.07) is 6.97. The summed E-state index contributed by atoms with van der Waals surface area (Å²) in [6.07, 6.45) is 2.67. The number of esters is 1. The molecule has 27 heavy (non-hydrogen) atoms. The van der Waals surface area contributed by atoms with Crippen molar-refractivity contribution >= 4 is 27.5 Å². The second-order valence-electron chi connectivity index (χ2n) is 5.73. The van der Waals surface area contributed by atoms with Gasteiger partial charge in [0.15, 0.2) is 5.82 Å². The molecule has 4 aromatic rings.